The van der Waals surface area contributed by atoms with E-state index in [9.17, 15) is 18.0 Å². The van der Waals surface area contributed by atoms with Crippen LogP contribution in [0, 0.1) is 0 Å². The smallest absolute Gasteiger partial charge is 0.418 e. The Labute approximate surface area is 149 Å². The molecular weight excluding hydrogens is 347 g/mol. The van der Waals surface area contributed by atoms with Crippen LogP contribution in [0.5, 0.6) is 11.5 Å². The normalized spacial score (nSPS) is 11.8. The van der Waals surface area contributed by atoms with Gasteiger partial charge in [0, 0.05) is 5.57 Å². The van der Waals surface area contributed by atoms with E-state index in [1.165, 1.54) is 39.3 Å². The molecule has 26 heavy (non-hydrogen) atoms. The van der Waals surface area contributed by atoms with Gasteiger partial charge in [-0.2, -0.15) is 13.2 Å². The third-order valence-electron chi connectivity index (χ3n) is 3.63. The highest BCUT2D eigenvalue weighted by Crippen LogP contribution is 2.34. The van der Waals surface area contributed by atoms with E-state index in [-0.39, 0.29) is 11.3 Å². The van der Waals surface area contributed by atoms with E-state index in [4.69, 9.17) is 9.47 Å². The zero-order valence-electron chi connectivity index (χ0n) is 14.5. The minimum Gasteiger partial charge on any atom is -0.493 e. The summed E-state index contributed by atoms with van der Waals surface area (Å²) in [6.45, 7) is 1.52. The number of methoxy groups -OCH3 is 2. The summed E-state index contributed by atoms with van der Waals surface area (Å²) >= 11 is 0. The summed E-state index contributed by atoms with van der Waals surface area (Å²) in [7, 11) is 2.99. The fourth-order valence-corrected chi connectivity index (χ4v) is 2.32. The van der Waals surface area contributed by atoms with Crippen molar-refractivity contribution in [2.75, 3.05) is 19.5 Å². The molecule has 2 aromatic rings. The molecule has 0 aliphatic carbocycles. The number of benzene rings is 2. The topological polar surface area (TPSA) is 47.6 Å². The highest BCUT2D eigenvalue weighted by Gasteiger charge is 2.33. The molecule has 4 nitrogen and oxygen atoms in total. The van der Waals surface area contributed by atoms with Gasteiger partial charge in [0.1, 0.15) is 0 Å². The molecular formula is C19H18F3NO3. The van der Waals surface area contributed by atoms with E-state index in [0.29, 0.717) is 17.1 Å². The fourth-order valence-electron chi connectivity index (χ4n) is 2.32. The maximum atomic E-state index is 13.0. The van der Waals surface area contributed by atoms with Crippen molar-refractivity contribution in [3.63, 3.8) is 0 Å². The molecule has 1 N–H and O–H groups in total. The second-order valence-electron chi connectivity index (χ2n) is 5.44. The third-order valence-corrected chi connectivity index (χ3v) is 3.63. The number of anilines is 1. The number of ether oxygens (including phenoxy) is 2. The number of carbonyl (C=O) groups is 1. The van der Waals surface area contributed by atoms with Crippen molar-refractivity contribution in [1.29, 1.82) is 0 Å². The predicted octanol–water partition coefficient (Wildman–Crippen LogP) is 4.76. The quantitative estimate of drug-likeness (QED) is 0.777. The Morgan fingerprint density at radius 1 is 1.04 bits per heavy atom. The monoisotopic (exact) mass is 365 g/mol. The number of alkyl halides is 3. The second-order valence-corrected chi connectivity index (χ2v) is 5.44. The summed E-state index contributed by atoms with van der Waals surface area (Å²) in [4.78, 5) is 12.3. The summed E-state index contributed by atoms with van der Waals surface area (Å²) in [5.74, 6) is 0.388. The Balaban J connectivity index is 2.24. The largest absolute Gasteiger partial charge is 0.493 e. The molecule has 0 saturated heterocycles. The van der Waals surface area contributed by atoms with Crippen LogP contribution in [0.25, 0.3) is 6.08 Å². The van der Waals surface area contributed by atoms with Gasteiger partial charge in [-0.1, -0.05) is 18.2 Å². The van der Waals surface area contributed by atoms with Gasteiger partial charge < -0.3 is 14.8 Å². The van der Waals surface area contributed by atoms with E-state index in [1.54, 1.807) is 24.3 Å². The Bertz CT molecular complexity index is 829. The van der Waals surface area contributed by atoms with Crippen molar-refractivity contribution in [3.8, 4) is 11.5 Å². The molecule has 0 atom stereocenters. The maximum Gasteiger partial charge on any atom is 0.418 e. The molecule has 0 saturated carbocycles. The predicted molar refractivity (Wildman–Crippen MR) is 93.3 cm³/mol. The highest BCUT2D eigenvalue weighted by molar-refractivity contribution is 6.06. The van der Waals surface area contributed by atoms with Crippen LogP contribution in [0.3, 0.4) is 0 Å². The maximum absolute atomic E-state index is 13.0. The molecule has 1 amide bonds. The highest BCUT2D eigenvalue weighted by atomic mass is 19.4. The first kappa shape index (κ1) is 19.4. The number of para-hydroxylation sites is 1. The van der Waals surface area contributed by atoms with Gasteiger partial charge in [0.05, 0.1) is 25.5 Å². The van der Waals surface area contributed by atoms with Crippen LogP contribution >= 0.6 is 0 Å². The van der Waals surface area contributed by atoms with Crippen molar-refractivity contribution >= 4 is 17.7 Å². The molecule has 0 heterocycles. The number of hydrogen-bond acceptors (Lipinski definition) is 3. The summed E-state index contributed by atoms with van der Waals surface area (Å²) < 4.78 is 49.4. The van der Waals surface area contributed by atoms with E-state index in [2.05, 4.69) is 5.32 Å². The van der Waals surface area contributed by atoms with Gasteiger partial charge in [-0.05, 0) is 42.8 Å². The van der Waals surface area contributed by atoms with Crippen LogP contribution in [0.4, 0.5) is 18.9 Å². The van der Waals surface area contributed by atoms with Crippen molar-refractivity contribution in [3.05, 3.63) is 59.2 Å². The van der Waals surface area contributed by atoms with Crippen LogP contribution in [-0.4, -0.2) is 20.1 Å². The van der Waals surface area contributed by atoms with Crippen LogP contribution in [0.15, 0.2) is 48.0 Å². The molecule has 0 unspecified atom stereocenters. The van der Waals surface area contributed by atoms with Gasteiger partial charge in [0.15, 0.2) is 11.5 Å². The van der Waals surface area contributed by atoms with Crippen LogP contribution in [0.2, 0.25) is 0 Å². The molecule has 0 bridgehead atoms. The number of carbonyl (C=O) groups excluding carboxylic acids is 1. The molecule has 138 valence electrons. The SMILES string of the molecule is COc1ccc(/C=C(\C)C(=O)Nc2ccccc2C(F)(F)F)cc1OC. The van der Waals surface area contributed by atoms with E-state index < -0.39 is 17.6 Å². The first-order valence-electron chi connectivity index (χ1n) is 7.64. The van der Waals surface area contributed by atoms with Crippen molar-refractivity contribution in [2.45, 2.75) is 13.1 Å². The molecule has 2 rings (SSSR count). The zero-order chi connectivity index (χ0) is 19.3. The number of nitrogens with one attached hydrogen (secondary N) is 1. The molecule has 0 fully saturated rings. The Hall–Kier alpha value is -2.96. The van der Waals surface area contributed by atoms with Gasteiger partial charge in [0.25, 0.3) is 5.91 Å². The van der Waals surface area contributed by atoms with Crippen molar-refractivity contribution < 1.29 is 27.4 Å². The van der Waals surface area contributed by atoms with E-state index >= 15 is 0 Å². The molecule has 0 radical (unpaired) electrons. The molecule has 0 aromatic heterocycles. The lowest BCUT2D eigenvalue weighted by Crippen LogP contribution is -2.17. The van der Waals surface area contributed by atoms with Gasteiger partial charge in [-0.25, -0.2) is 0 Å². The molecule has 7 heteroatoms. The number of hydrogen-bond donors (Lipinski definition) is 1. The van der Waals surface area contributed by atoms with Crippen molar-refractivity contribution in [1.82, 2.24) is 0 Å². The minimum absolute atomic E-state index is 0.245. The number of halogens is 3. The average molecular weight is 365 g/mol. The molecule has 0 aliphatic heterocycles. The summed E-state index contributed by atoms with van der Waals surface area (Å²) in [5, 5.41) is 2.31. The van der Waals surface area contributed by atoms with Crippen LogP contribution < -0.4 is 14.8 Å². The lowest BCUT2D eigenvalue weighted by Gasteiger charge is -2.13. The van der Waals surface area contributed by atoms with E-state index in [0.717, 1.165) is 6.07 Å². The zero-order valence-corrected chi connectivity index (χ0v) is 14.5. The van der Waals surface area contributed by atoms with Crippen molar-refractivity contribution in [2.24, 2.45) is 0 Å². The Morgan fingerprint density at radius 2 is 1.69 bits per heavy atom. The van der Waals surface area contributed by atoms with Crippen LogP contribution in [0.1, 0.15) is 18.1 Å². The van der Waals surface area contributed by atoms with Gasteiger partial charge in [-0.3, -0.25) is 4.79 Å². The van der Waals surface area contributed by atoms with Gasteiger partial charge in [-0.15, -0.1) is 0 Å². The van der Waals surface area contributed by atoms with Crippen LogP contribution in [-0.2, 0) is 11.0 Å². The van der Waals surface area contributed by atoms with E-state index in [1.807, 2.05) is 0 Å². The Morgan fingerprint density at radius 3 is 2.31 bits per heavy atom. The molecule has 0 aliphatic rings. The first-order chi connectivity index (χ1) is 12.3. The second kappa shape index (κ2) is 7.95. The van der Waals surface area contributed by atoms with Gasteiger partial charge >= 0.3 is 6.18 Å². The summed E-state index contributed by atoms with van der Waals surface area (Å²) in [5.41, 5.74) is -0.286. The fraction of sp³-hybridized carbons (Fsp3) is 0.211. The summed E-state index contributed by atoms with van der Waals surface area (Å²) in [6.07, 6.45) is -3.00. The minimum atomic E-state index is -4.55. The number of rotatable bonds is 5. The standard InChI is InChI=1S/C19H18F3NO3/c1-12(10-13-8-9-16(25-2)17(11-13)26-3)18(24)23-15-7-5-4-6-14(15)19(20,21)22/h4-11H,1-3H3,(H,23,24)/b12-10+. The molecule has 0 spiro atoms. The lowest BCUT2D eigenvalue weighted by atomic mass is 10.1. The number of amides is 1. The van der Waals surface area contributed by atoms with Gasteiger partial charge in [0.2, 0.25) is 0 Å². The molecule has 2 aromatic carbocycles. The first-order valence-corrected chi connectivity index (χ1v) is 7.64. The average Bonchev–Trinajstić information content (AvgIpc) is 2.61. The lowest BCUT2D eigenvalue weighted by molar-refractivity contribution is -0.137. The summed E-state index contributed by atoms with van der Waals surface area (Å²) in [6, 6.07) is 9.88. The Kier molecular flexibility index (Phi) is 5.92. The third kappa shape index (κ3) is 4.56.